The molecule has 0 aliphatic carbocycles. The molecule has 96 valence electrons. The summed E-state index contributed by atoms with van der Waals surface area (Å²) < 4.78 is 27.8. The smallest absolute Gasteiger partial charge is 0.153 e. The Balaban J connectivity index is 2.42. The first-order valence-corrected chi connectivity index (χ1v) is 7.32. The van der Waals surface area contributed by atoms with Crippen LogP contribution in [-0.4, -0.2) is 38.6 Å². The molecule has 0 saturated heterocycles. The lowest BCUT2D eigenvalue weighted by Gasteiger charge is -2.06. The van der Waals surface area contributed by atoms with Gasteiger partial charge in [0.2, 0.25) is 0 Å². The molecular formula is C11H18N2O3S. The highest BCUT2D eigenvalue weighted by atomic mass is 32.2. The van der Waals surface area contributed by atoms with E-state index in [0.717, 1.165) is 5.69 Å². The van der Waals surface area contributed by atoms with Gasteiger partial charge in [0.05, 0.1) is 17.6 Å². The molecule has 0 aromatic carbocycles. The number of nitrogens with one attached hydrogen (secondary N) is 1. The van der Waals surface area contributed by atoms with E-state index >= 15 is 0 Å². The number of sulfone groups is 1. The Hall–Kier alpha value is -1.14. The zero-order valence-corrected chi connectivity index (χ0v) is 11.0. The summed E-state index contributed by atoms with van der Waals surface area (Å²) in [4.78, 5) is 4.17. The van der Waals surface area contributed by atoms with Crippen molar-refractivity contribution in [2.45, 2.75) is 13.5 Å². The Morgan fingerprint density at radius 2 is 2.18 bits per heavy atom. The number of pyridine rings is 1. The van der Waals surface area contributed by atoms with Gasteiger partial charge in [0, 0.05) is 12.3 Å². The number of ether oxygens (including phenoxy) is 1. The summed E-state index contributed by atoms with van der Waals surface area (Å²) in [5, 5.41) is 2.99. The number of rotatable bonds is 7. The monoisotopic (exact) mass is 258 g/mol. The van der Waals surface area contributed by atoms with Crippen molar-refractivity contribution in [1.82, 2.24) is 10.3 Å². The van der Waals surface area contributed by atoms with E-state index in [-0.39, 0.29) is 18.1 Å². The second kappa shape index (κ2) is 6.56. The second-order valence-corrected chi connectivity index (χ2v) is 6.07. The average Bonchev–Trinajstić information content (AvgIpc) is 2.32. The predicted molar refractivity (Wildman–Crippen MR) is 66.8 cm³/mol. The van der Waals surface area contributed by atoms with Gasteiger partial charge in [-0.2, -0.15) is 0 Å². The van der Waals surface area contributed by atoms with Crippen LogP contribution in [-0.2, 0) is 16.4 Å². The van der Waals surface area contributed by atoms with Gasteiger partial charge in [-0.05, 0) is 19.2 Å². The molecule has 0 bridgehead atoms. The first-order chi connectivity index (χ1) is 8.07. The topological polar surface area (TPSA) is 68.3 Å². The molecule has 1 aromatic heterocycles. The van der Waals surface area contributed by atoms with Crippen LogP contribution in [0.3, 0.4) is 0 Å². The van der Waals surface area contributed by atoms with Crippen LogP contribution in [0.2, 0.25) is 0 Å². The summed E-state index contributed by atoms with van der Waals surface area (Å²) in [7, 11) is -1.11. The lowest BCUT2D eigenvalue weighted by Crippen LogP contribution is -2.15. The fourth-order valence-electron chi connectivity index (χ4n) is 1.21. The van der Waals surface area contributed by atoms with Crippen molar-refractivity contribution in [1.29, 1.82) is 0 Å². The Morgan fingerprint density at radius 3 is 2.71 bits per heavy atom. The molecule has 0 saturated carbocycles. The highest BCUT2D eigenvalue weighted by Crippen LogP contribution is 2.09. The molecule has 0 aliphatic rings. The van der Waals surface area contributed by atoms with Crippen LogP contribution in [0.5, 0.6) is 5.75 Å². The minimum Gasteiger partial charge on any atom is -0.491 e. The van der Waals surface area contributed by atoms with Crippen molar-refractivity contribution in [3.05, 3.63) is 24.0 Å². The lowest BCUT2D eigenvalue weighted by atomic mass is 10.3. The molecule has 0 amide bonds. The van der Waals surface area contributed by atoms with Crippen molar-refractivity contribution in [2.75, 3.05) is 25.2 Å². The van der Waals surface area contributed by atoms with Gasteiger partial charge in [-0.25, -0.2) is 8.42 Å². The van der Waals surface area contributed by atoms with Crippen molar-refractivity contribution in [2.24, 2.45) is 0 Å². The van der Waals surface area contributed by atoms with Gasteiger partial charge in [-0.3, -0.25) is 4.98 Å². The van der Waals surface area contributed by atoms with E-state index in [9.17, 15) is 8.42 Å². The second-order valence-electron chi connectivity index (χ2n) is 3.60. The standard InChI is InChI=1S/C11H18N2O3S/c1-3-17(14,15)7-6-16-11-5-4-10(8-12-2)13-9-11/h4-5,9,12H,3,6-8H2,1-2H3. The zero-order chi connectivity index (χ0) is 12.7. The molecular weight excluding hydrogens is 240 g/mol. The Bertz CT molecular complexity index is 429. The molecule has 0 aliphatic heterocycles. The highest BCUT2D eigenvalue weighted by Gasteiger charge is 2.07. The third-order valence-electron chi connectivity index (χ3n) is 2.26. The molecule has 0 atom stereocenters. The molecule has 1 heterocycles. The van der Waals surface area contributed by atoms with E-state index in [2.05, 4.69) is 10.3 Å². The van der Waals surface area contributed by atoms with Crippen LogP contribution < -0.4 is 10.1 Å². The van der Waals surface area contributed by atoms with E-state index in [1.807, 2.05) is 13.1 Å². The lowest BCUT2D eigenvalue weighted by molar-refractivity contribution is 0.339. The largest absolute Gasteiger partial charge is 0.491 e. The molecule has 5 nitrogen and oxygen atoms in total. The van der Waals surface area contributed by atoms with Gasteiger partial charge in [0.25, 0.3) is 0 Å². The van der Waals surface area contributed by atoms with Gasteiger partial charge in [0.1, 0.15) is 12.4 Å². The van der Waals surface area contributed by atoms with E-state index in [1.54, 1.807) is 19.2 Å². The maximum atomic E-state index is 11.2. The van der Waals surface area contributed by atoms with Gasteiger partial charge in [0.15, 0.2) is 9.84 Å². The molecule has 0 radical (unpaired) electrons. The predicted octanol–water partition coefficient (Wildman–Crippen LogP) is 0.614. The SMILES string of the molecule is CCS(=O)(=O)CCOc1ccc(CNC)nc1. The van der Waals surface area contributed by atoms with Gasteiger partial charge in [-0.15, -0.1) is 0 Å². The molecule has 0 spiro atoms. The Labute approximate surface area is 102 Å². The number of aromatic nitrogens is 1. The summed E-state index contributed by atoms with van der Waals surface area (Å²) in [5.41, 5.74) is 0.918. The van der Waals surface area contributed by atoms with Gasteiger partial charge >= 0.3 is 0 Å². The normalized spacial score (nSPS) is 11.4. The third kappa shape index (κ3) is 5.14. The first-order valence-electron chi connectivity index (χ1n) is 5.50. The molecule has 6 heteroatoms. The molecule has 1 aromatic rings. The van der Waals surface area contributed by atoms with Crippen LogP contribution in [0.25, 0.3) is 0 Å². The van der Waals surface area contributed by atoms with Gasteiger partial charge in [-0.1, -0.05) is 6.92 Å². The fourth-order valence-corrected chi connectivity index (χ4v) is 1.84. The summed E-state index contributed by atoms with van der Waals surface area (Å²) in [6.45, 7) is 2.50. The molecule has 1 N–H and O–H groups in total. The van der Waals surface area contributed by atoms with E-state index in [4.69, 9.17) is 4.74 Å². The van der Waals surface area contributed by atoms with Crippen LogP contribution in [0, 0.1) is 0 Å². The maximum absolute atomic E-state index is 11.2. The van der Waals surface area contributed by atoms with Crippen LogP contribution in [0.4, 0.5) is 0 Å². The number of nitrogens with zero attached hydrogens (tertiary/aromatic N) is 1. The first kappa shape index (κ1) is 13.9. The van der Waals surface area contributed by atoms with Crippen LogP contribution in [0.15, 0.2) is 18.3 Å². The fraction of sp³-hybridized carbons (Fsp3) is 0.545. The molecule has 17 heavy (non-hydrogen) atoms. The maximum Gasteiger partial charge on any atom is 0.153 e. The summed E-state index contributed by atoms with van der Waals surface area (Å²) in [6, 6.07) is 3.64. The quantitative estimate of drug-likeness (QED) is 0.776. The van der Waals surface area contributed by atoms with Crippen molar-refractivity contribution < 1.29 is 13.2 Å². The third-order valence-corrected chi connectivity index (χ3v) is 3.93. The van der Waals surface area contributed by atoms with Crippen molar-refractivity contribution in [3.8, 4) is 5.75 Å². The summed E-state index contributed by atoms with van der Waals surface area (Å²) in [5.74, 6) is 0.786. The summed E-state index contributed by atoms with van der Waals surface area (Å²) >= 11 is 0. The van der Waals surface area contributed by atoms with Gasteiger partial charge < -0.3 is 10.1 Å². The highest BCUT2D eigenvalue weighted by molar-refractivity contribution is 7.91. The van der Waals surface area contributed by atoms with Crippen LogP contribution in [0.1, 0.15) is 12.6 Å². The van der Waals surface area contributed by atoms with Crippen molar-refractivity contribution >= 4 is 9.84 Å². The molecule has 0 fully saturated rings. The molecule has 1 rings (SSSR count). The minimum atomic E-state index is -2.96. The Kier molecular flexibility index (Phi) is 5.37. The minimum absolute atomic E-state index is 0.0434. The average molecular weight is 258 g/mol. The van der Waals surface area contributed by atoms with E-state index in [0.29, 0.717) is 12.3 Å². The van der Waals surface area contributed by atoms with E-state index < -0.39 is 9.84 Å². The Morgan fingerprint density at radius 1 is 1.41 bits per heavy atom. The summed E-state index contributed by atoms with van der Waals surface area (Å²) in [6.07, 6.45) is 1.60. The number of hydrogen-bond donors (Lipinski definition) is 1. The molecule has 0 unspecified atom stereocenters. The van der Waals surface area contributed by atoms with E-state index in [1.165, 1.54) is 0 Å². The van der Waals surface area contributed by atoms with Crippen molar-refractivity contribution in [3.63, 3.8) is 0 Å². The zero-order valence-electron chi connectivity index (χ0n) is 10.1. The number of hydrogen-bond acceptors (Lipinski definition) is 5. The van der Waals surface area contributed by atoms with Crippen LogP contribution >= 0.6 is 0 Å².